The van der Waals surface area contributed by atoms with Gasteiger partial charge in [-0.1, -0.05) is 13.8 Å². The van der Waals surface area contributed by atoms with E-state index in [0.717, 1.165) is 21.5 Å². The maximum Gasteiger partial charge on any atom is 0.153 e. The van der Waals surface area contributed by atoms with E-state index in [4.69, 9.17) is 5.73 Å². The first kappa shape index (κ1) is 12.3. The normalized spacial score (nSPS) is 11.1. The molecule has 2 aromatic heterocycles. The molecular weight excluding hydrogens is 280 g/mol. The molecule has 2 N–H and O–H groups in total. The molecule has 0 amide bonds. The van der Waals surface area contributed by atoms with E-state index in [1.54, 1.807) is 6.20 Å². The van der Waals surface area contributed by atoms with Gasteiger partial charge in [0.2, 0.25) is 0 Å². The Kier molecular flexibility index (Phi) is 3.59. The van der Waals surface area contributed by atoms with E-state index in [1.165, 1.54) is 0 Å². The first-order valence-corrected chi connectivity index (χ1v) is 6.31. The van der Waals surface area contributed by atoms with Gasteiger partial charge in [0, 0.05) is 22.8 Å². The number of pyridine rings is 1. The standard InChI is InChI=1S/C12H15BrN4/c1-8(2)12-9(5-14)6-16-17(12)11-4-3-10(13)7-15-11/h3-4,6-8H,5,14H2,1-2H3. The monoisotopic (exact) mass is 294 g/mol. The van der Waals surface area contributed by atoms with Crippen LogP contribution in [0.25, 0.3) is 5.82 Å². The first-order chi connectivity index (χ1) is 8.13. The van der Waals surface area contributed by atoms with Crippen LogP contribution in [0.2, 0.25) is 0 Å². The van der Waals surface area contributed by atoms with E-state index < -0.39 is 0 Å². The predicted octanol–water partition coefficient (Wildman–Crippen LogP) is 2.61. The summed E-state index contributed by atoms with van der Waals surface area (Å²) in [6.07, 6.45) is 3.59. The number of halogens is 1. The van der Waals surface area contributed by atoms with Crippen molar-refractivity contribution >= 4 is 15.9 Å². The van der Waals surface area contributed by atoms with Crippen LogP contribution in [0.5, 0.6) is 0 Å². The van der Waals surface area contributed by atoms with Crippen molar-refractivity contribution in [3.63, 3.8) is 0 Å². The Bertz CT molecular complexity index is 502. The number of hydrogen-bond donors (Lipinski definition) is 1. The largest absolute Gasteiger partial charge is 0.326 e. The van der Waals surface area contributed by atoms with Crippen LogP contribution >= 0.6 is 15.9 Å². The highest BCUT2D eigenvalue weighted by atomic mass is 79.9. The van der Waals surface area contributed by atoms with Crippen LogP contribution in [0.1, 0.15) is 31.0 Å². The second-order valence-corrected chi connectivity index (χ2v) is 5.08. The summed E-state index contributed by atoms with van der Waals surface area (Å²) >= 11 is 3.37. The van der Waals surface area contributed by atoms with E-state index in [0.29, 0.717) is 12.5 Å². The molecule has 4 nitrogen and oxygen atoms in total. The van der Waals surface area contributed by atoms with Crippen molar-refractivity contribution in [1.82, 2.24) is 14.8 Å². The van der Waals surface area contributed by atoms with E-state index in [9.17, 15) is 0 Å². The minimum Gasteiger partial charge on any atom is -0.326 e. The Morgan fingerprint density at radius 1 is 1.35 bits per heavy atom. The molecule has 2 rings (SSSR count). The molecule has 0 saturated carbocycles. The number of hydrogen-bond acceptors (Lipinski definition) is 3. The zero-order valence-corrected chi connectivity index (χ0v) is 11.5. The van der Waals surface area contributed by atoms with Crippen molar-refractivity contribution in [3.8, 4) is 5.82 Å². The highest BCUT2D eigenvalue weighted by molar-refractivity contribution is 9.10. The van der Waals surface area contributed by atoms with Gasteiger partial charge in [-0.15, -0.1) is 0 Å². The van der Waals surface area contributed by atoms with Crippen molar-refractivity contribution in [2.24, 2.45) is 5.73 Å². The Hall–Kier alpha value is -1.20. The van der Waals surface area contributed by atoms with Crippen LogP contribution in [-0.4, -0.2) is 14.8 Å². The van der Waals surface area contributed by atoms with E-state index in [2.05, 4.69) is 39.9 Å². The number of nitrogens with zero attached hydrogens (tertiary/aromatic N) is 3. The van der Waals surface area contributed by atoms with E-state index >= 15 is 0 Å². The Balaban J connectivity index is 2.51. The molecule has 0 aliphatic carbocycles. The molecule has 0 radical (unpaired) electrons. The summed E-state index contributed by atoms with van der Waals surface area (Å²) in [6.45, 7) is 4.76. The van der Waals surface area contributed by atoms with Crippen LogP contribution in [0.3, 0.4) is 0 Å². The predicted molar refractivity (Wildman–Crippen MR) is 71.0 cm³/mol. The topological polar surface area (TPSA) is 56.7 Å². The number of aromatic nitrogens is 3. The zero-order chi connectivity index (χ0) is 12.4. The molecule has 0 unspecified atom stereocenters. The van der Waals surface area contributed by atoms with Crippen molar-refractivity contribution < 1.29 is 0 Å². The molecule has 5 heteroatoms. The Labute approximate surface area is 109 Å². The van der Waals surface area contributed by atoms with Gasteiger partial charge in [-0.25, -0.2) is 9.67 Å². The Morgan fingerprint density at radius 2 is 2.12 bits per heavy atom. The first-order valence-electron chi connectivity index (χ1n) is 5.52. The molecule has 2 heterocycles. The summed E-state index contributed by atoms with van der Waals surface area (Å²) in [5.41, 5.74) is 7.92. The van der Waals surface area contributed by atoms with Crippen LogP contribution in [0.4, 0.5) is 0 Å². The second kappa shape index (κ2) is 4.98. The van der Waals surface area contributed by atoms with Gasteiger partial charge in [0.15, 0.2) is 5.82 Å². The summed E-state index contributed by atoms with van der Waals surface area (Å²) in [6, 6.07) is 3.89. The lowest BCUT2D eigenvalue weighted by atomic mass is 10.1. The molecule has 0 spiro atoms. The van der Waals surface area contributed by atoms with Crippen LogP contribution < -0.4 is 5.73 Å². The third-order valence-electron chi connectivity index (χ3n) is 2.58. The summed E-state index contributed by atoms with van der Waals surface area (Å²) in [4.78, 5) is 4.35. The average molecular weight is 295 g/mol. The molecular formula is C12H15BrN4. The van der Waals surface area contributed by atoms with Crippen LogP contribution in [0.15, 0.2) is 29.0 Å². The lowest BCUT2D eigenvalue weighted by molar-refractivity contribution is 0.713. The van der Waals surface area contributed by atoms with Gasteiger partial charge in [0.05, 0.1) is 11.9 Å². The summed E-state index contributed by atoms with van der Waals surface area (Å²) in [5.74, 6) is 1.18. The molecule has 2 aromatic rings. The molecule has 0 aromatic carbocycles. The fourth-order valence-corrected chi connectivity index (χ4v) is 2.07. The summed E-state index contributed by atoms with van der Waals surface area (Å²) in [5, 5.41) is 4.37. The van der Waals surface area contributed by atoms with Gasteiger partial charge in [0.1, 0.15) is 0 Å². The summed E-state index contributed by atoms with van der Waals surface area (Å²) < 4.78 is 2.82. The summed E-state index contributed by atoms with van der Waals surface area (Å²) in [7, 11) is 0. The maximum absolute atomic E-state index is 5.72. The highest BCUT2D eigenvalue weighted by Gasteiger charge is 2.14. The average Bonchev–Trinajstić information content (AvgIpc) is 2.73. The van der Waals surface area contributed by atoms with Crippen LogP contribution in [0, 0.1) is 0 Å². The molecule has 0 aliphatic heterocycles. The van der Waals surface area contributed by atoms with E-state index in [1.807, 2.05) is 23.0 Å². The molecule has 90 valence electrons. The molecule has 0 atom stereocenters. The third-order valence-corrected chi connectivity index (χ3v) is 3.05. The smallest absolute Gasteiger partial charge is 0.153 e. The van der Waals surface area contributed by atoms with Crippen LogP contribution in [-0.2, 0) is 6.54 Å². The minimum atomic E-state index is 0.362. The van der Waals surface area contributed by atoms with Gasteiger partial charge in [-0.05, 0) is 34.0 Å². The Morgan fingerprint density at radius 3 is 2.65 bits per heavy atom. The third kappa shape index (κ3) is 2.40. The van der Waals surface area contributed by atoms with Gasteiger partial charge in [-0.3, -0.25) is 0 Å². The van der Waals surface area contributed by atoms with Crippen molar-refractivity contribution in [1.29, 1.82) is 0 Å². The lowest BCUT2D eigenvalue weighted by Gasteiger charge is -2.11. The molecule has 17 heavy (non-hydrogen) atoms. The fraction of sp³-hybridized carbons (Fsp3) is 0.333. The molecule has 0 bridgehead atoms. The minimum absolute atomic E-state index is 0.362. The fourth-order valence-electron chi connectivity index (χ4n) is 1.84. The second-order valence-electron chi connectivity index (χ2n) is 4.16. The zero-order valence-electron chi connectivity index (χ0n) is 9.89. The van der Waals surface area contributed by atoms with Crippen molar-refractivity contribution in [2.75, 3.05) is 0 Å². The molecule has 0 aliphatic rings. The maximum atomic E-state index is 5.72. The number of rotatable bonds is 3. The van der Waals surface area contributed by atoms with Gasteiger partial charge in [-0.2, -0.15) is 5.10 Å². The highest BCUT2D eigenvalue weighted by Crippen LogP contribution is 2.22. The van der Waals surface area contributed by atoms with Gasteiger partial charge >= 0.3 is 0 Å². The van der Waals surface area contributed by atoms with Crippen molar-refractivity contribution in [2.45, 2.75) is 26.3 Å². The van der Waals surface area contributed by atoms with Crippen molar-refractivity contribution in [3.05, 3.63) is 40.3 Å². The quantitative estimate of drug-likeness (QED) is 0.947. The van der Waals surface area contributed by atoms with Gasteiger partial charge in [0.25, 0.3) is 0 Å². The van der Waals surface area contributed by atoms with Gasteiger partial charge < -0.3 is 5.73 Å². The van der Waals surface area contributed by atoms with E-state index in [-0.39, 0.29) is 0 Å². The molecule has 0 fully saturated rings. The molecule has 0 saturated heterocycles. The SMILES string of the molecule is CC(C)c1c(CN)cnn1-c1ccc(Br)cn1. The number of nitrogens with two attached hydrogens (primary N) is 1. The lowest BCUT2D eigenvalue weighted by Crippen LogP contribution is -2.08.